The zero-order valence-corrected chi connectivity index (χ0v) is 8.69. The Labute approximate surface area is 88.4 Å². The highest BCUT2D eigenvalue weighted by atomic mass is 16.5. The second-order valence-electron chi connectivity index (χ2n) is 2.84. The van der Waals surface area contributed by atoms with Gasteiger partial charge < -0.3 is 14.6 Å². The molecule has 0 saturated heterocycles. The Morgan fingerprint density at radius 3 is 2.73 bits per heavy atom. The van der Waals surface area contributed by atoms with Crippen LogP contribution in [0.25, 0.3) is 0 Å². The topological polar surface area (TPSA) is 55.8 Å². The Bertz CT molecular complexity index is 346. The molecule has 0 amide bonds. The van der Waals surface area contributed by atoms with E-state index in [1.54, 1.807) is 12.1 Å². The van der Waals surface area contributed by atoms with Crippen LogP contribution in [0, 0.1) is 6.61 Å². The maximum absolute atomic E-state index is 11.3. The lowest BCUT2D eigenvalue weighted by Gasteiger charge is -2.07. The number of hydrogen-bond donors (Lipinski definition) is 1. The summed E-state index contributed by atoms with van der Waals surface area (Å²) in [6.45, 7) is 3.25. The summed E-state index contributed by atoms with van der Waals surface area (Å²) in [7, 11) is 1.30. The van der Waals surface area contributed by atoms with Gasteiger partial charge in [0.15, 0.2) is 0 Å². The molecule has 0 atom stereocenters. The number of methoxy groups -OCH3 is 1. The van der Waals surface area contributed by atoms with Crippen LogP contribution in [-0.4, -0.2) is 24.8 Å². The van der Waals surface area contributed by atoms with Crippen LogP contribution in [0.3, 0.4) is 0 Å². The van der Waals surface area contributed by atoms with Gasteiger partial charge >= 0.3 is 5.97 Å². The molecule has 4 nitrogen and oxygen atoms in total. The third kappa shape index (κ3) is 2.95. The average molecular weight is 209 g/mol. The van der Waals surface area contributed by atoms with Crippen LogP contribution in [0.2, 0.25) is 0 Å². The summed E-state index contributed by atoms with van der Waals surface area (Å²) < 4.78 is 9.82. The molecule has 1 rings (SSSR count). The number of carbonyl (C=O) groups is 1. The predicted octanol–water partition coefficient (Wildman–Crippen LogP) is 1.75. The van der Waals surface area contributed by atoms with Crippen molar-refractivity contribution in [3.8, 4) is 5.75 Å². The normalized spacial score (nSPS) is 9.80. The molecule has 1 N–H and O–H groups in total. The number of benzene rings is 1. The van der Waals surface area contributed by atoms with Crippen LogP contribution in [0.4, 0.5) is 0 Å². The molecular weight excluding hydrogens is 196 g/mol. The predicted molar refractivity (Wildman–Crippen MR) is 54.3 cm³/mol. The first-order chi connectivity index (χ1) is 7.21. The van der Waals surface area contributed by atoms with Crippen LogP contribution < -0.4 is 4.74 Å². The molecule has 0 saturated carbocycles. The minimum atomic E-state index is -0.459. The van der Waals surface area contributed by atoms with E-state index in [2.05, 4.69) is 4.74 Å². The van der Waals surface area contributed by atoms with Crippen molar-refractivity contribution >= 4 is 5.97 Å². The first-order valence-corrected chi connectivity index (χ1v) is 4.55. The van der Waals surface area contributed by atoms with E-state index in [1.165, 1.54) is 13.2 Å². The fourth-order valence-electron chi connectivity index (χ4n) is 1.18. The van der Waals surface area contributed by atoms with Gasteiger partial charge in [-0.25, -0.2) is 4.79 Å². The molecule has 0 spiro atoms. The first-order valence-electron chi connectivity index (χ1n) is 4.55. The summed E-state index contributed by atoms with van der Waals surface area (Å²) in [6.07, 6.45) is 0. The molecular formula is C11H13O4. The zero-order chi connectivity index (χ0) is 11.3. The Hall–Kier alpha value is -1.55. The van der Waals surface area contributed by atoms with Crippen molar-refractivity contribution in [1.29, 1.82) is 0 Å². The number of hydrogen-bond acceptors (Lipinski definition) is 4. The molecule has 0 fully saturated rings. The Morgan fingerprint density at radius 2 is 2.20 bits per heavy atom. The van der Waals surface area contributed by atoms with Gasteiger partial charge in [-0.3, -0.25) is 0 Å². The zero-order valence-electron chi connectivity index (χ0n) is 8.69. The van der Waals surface area contributed by atoms with E-state index in [0.29, 0.717) is 23.5 Å². The van der Waals surface area contributed by atoms with Crippen molar-refractivity contribution in [1.82, 2.24) is 0 Å². The highest BCUT2D eigenvalue weighted by Crippen LogP contribution is 2.18. The van der Waals surface area contributed by atoms with E-state index in [9.17, 15) is 4.79 Å². The van der Waals surface area contributed by atoms with Crippen LogP contribution in [0.1, 0.15) is 22.8 Å². The summed E-state index contributed by atoms with van der Waals surface area (Å²) in [5.74, 6) is 0.0698. The van der Waals surface area contributed by atoms with Crippen LogP contribution in [0.5, 0.6) is 5.75 Å². The molecule has 15 heavy (non-hydrogen) atoms. The number of carbonyl (C=O) groups excluding carboxylic acids is 1. The van der Waals surface area contributed by atoms with Gasteiger partial charge in [0.1, 0.15) is 12.4 Å². The van der Waals surface area contributed by atoms with Gasteiger partial charge in [-0.15, -0.1) is 0 Å². The van der Waals surface area contributed by atoms with E-state index in [-0.39, 0.29) is 0 Å². The fourth-order valence-corrected chi connectivity index (χ4v) is 1.18. The van der Waals surface area contributed by atoms with E-state index in [4.69, 9.17) is 9.84 Å². The highest BCUT2D eigenvalue weighted by molar-refractivity contribution is 5.90. The van der Waals surface area contributed by atoms with Crippen molar-refractivity contribution in [3.63, 3.8) is 0 Å². The van der Waals surface area contributed by atoms with Gasteiger partial charge in [0.05, 0.1) is 19.3 Å². The monoisotopic (exact) mass is 209 g/mol. The lowest BCUT2D eigenvalue weighted by atomic mass is 10.1. The number of aliphatic hydroxyl groups is 1. The lowest BCUT2D eigenvalue weighted by Crippen LogP contribution is -2.03. The van der Waals surface area contributed by atoms with Crippen LogP contribution in [0.15, 0.2) is 18.2 Å². The average Bonchev–Trinajstić information content (AvgIpc) is 2.28. The van der Waals surface area contributed by atoms with Gasteiger partial charge in [0.2, 0.25) is 0 Å². The molecule has 81 valence electrons. The molecule has 4 heteroatoms. The fraction of sp³-hybridized carbons (Fsp3) is 0.273. The van der Waals surface area contributed by atoms with E-state index >= 15 is 0 Å². The standard InChI is InChI=1S/C11H13O4/c1-3-15-10-5-8(7-12)4-9(6-10)11(13)14-2/h4-7,12H,3H2,1-2H3. The second-order valence-corrected chi connectivity index (χ2v) is 2.84. The maximum atomic E-state index is 11.3. The van der Waals surface area contributed by atoms with E-state index in [0.717, 1.165) is 6.61 Å². The summed E-state index contributed by atoms with van der Waals surface area (Å²) in [4.78, 5) is 11.3. The molecule has 0 aromatic heterocycles. The third-order valence-corrected chi connectivity index (χ3v) is 1.81. The summed E-state index contributed by atoms with van der Waals surface area (Å²) in [5, 5.41) is 8.88. The SMILES string of the molecule is CCOc1cc([CH]O)cc(C(=O)OC)c1. The van der Waals surface area contributed by atoms with E-state index < -0.39 is 5.97 Å². The quantitative estimate of drug-likeness (QED) is 0.767. The molecule has 1 aromatic rings. The summed E-state index contributed by atoms with van der Waals surface area (Å²) in [5.41, 5.74) is 0.852. The molecule has 0 heterocycles. The largest absolute Gasteiger partial charge is 0.494 e. The third-order valence-electron chi connectivity index (χ3n) is 1.81. The number of rotatable bonds is 4. The molecule has 0 aliphatic rings. The minimum Gasteiger partial charge on any atom is -0.494 e. The minimum absolute atomic E-state index is 0.351. The van der Waals surface area contributed by atoms with Gasteiger partial charge in [0.25, 0.3) is 0 Å². The highest BCUT2D eigenvalue weighted by Gasteiger charge is 2.09. The van der Waals surface area contributed by atoms with Gasteiger partial charge in [-0.2, -0.15) is 0 Å². The van der Waals surface area contributed by atoms with Crippen molar-refractivity contribution in [2.24, 2.45) is 0 Å². The Kier molecular flexibility index (Phi) is 4.12. The van der Waals surface area contributed by atoms with E-state index in [1.807, 2.05) is 6.92 Å². The van der Waals surface area contributed by atoms with Crippen molar-refractivity contribution in [2.75, 3.05) is 13.7 Å². The molecule has 0 aliphatic carbocycles. The Morgan fingerprint density at radius 1 is 1.47 bits per heavy atom. The molecule has 0 unspecified atom stereocenters. The van der Waals surface area contributed by atoms with Crippen molar-refractivity contribution in [2.45, 2.75) is 6.92 Å². The second kappa shape index (κ2) is 5.36. The van der Waals surface area contributed by atoms with Gasteiger partial charge in [-0.05, 0) is 30.7 Å². The van der Waals surface area contributed by atoms with Crippen LogP contribution in [-0.2, 0) is 4.74 Å². The Balaban J connectivity index is 3.05. The number of aliphatic hydroxyl groups excluding tert-OH is 1. The van der Waals surface area contributed by atoms with Crippen molar-refractivity contribution in [3.05, 3.63) is 35.9 Å². The number of esters is 1. The molecule has 1 aromatic carbocycles. The first kappa shape index (κ1) is 11.5. The van der Waals surface area contributed by atoms with Gasteiger partial charge in [-0.1, -0.05) is 0 Å². The number of ether oxygens (including phenoxy) is 2. The summed E-state index contributed by atoms with van der Waals surface area (Å²) >= 11 is 0. The maximum Gasteiger partial charge on any atom is 0.337 e. The molecule has 1 radical (unpaired) electrons. The lowest BCUT2D eigenvalue weighted by molar-refractivity contribution is 0.0600. The summed E-state index contributed by atoms with van der Waals surface area (Å²) in [6, 6.07) is 4.73. The van der Waals surface area contributed by atoms with Crippen molar-refractivity contribution < 1.29 is 19.4 Å². The van der Waals surface area contributed by atoms with Crippen LogP contribution >= 0.6 is 0 Å². The van der Waals surface area contributed by atoms with Gasteiger partial charge in [0, 0.05) is 0 Å². The molecule has 0 bridgehead atoms. The smallest absolute Gasteiger partial charge is 0.337 e. The molecule has 0 aliphatic heterocycles.